The van der Waals surface area contributed by atoms with Crippen molar-refractivity contribution in [2.24, 2.45) is 0 Å². The first kappa shape index (κ1) is 29.0. The molecule has 127 valence electrons. The third-order valence-electron chi connectivity index (χ3n) is 3.46. The van der Waals surface area contributed by atoms with Crippen LogP contribution >= 0.6 is 24.8 Å². The summed E-state index contributed by atoms with van der Waals surface area (Å²) in [4.78, 5) is 0. The summed E-state index contributed by atoms with van der Waals surface area (Å²) in [6.45, 7) is 4.58. The van der Waals surface area contributed by atoms with E-state index >= 15 is 0 Å². The Balaban J connectivity index is -0.000000304. The SMILES string of the molecule is CCCCCCCCCCCCCCCC.Cl.Cl.[O]=[Mn]. The Morgan fingerprint density at radius 1 is 0.450 bits per heavy atom. The van der Waals surface area contributed by atoms with E-state index in [0.717, 1.165) is 0 Å². The van der Waals surface area contributed by atoms with Gasteiger partial charge in [0.15, 0.2) is 0 Å². The van der Waals surface area contributed by atoms with Gasteiger partial charge in [-0.15, -0.1) is 24.8 Å². The normalized spacial score (nSPS) is 8.90. The van der Waals surface area contributed by atoms with Crippen LogP contribution in [0.4, 0.5) is 0 Å². The summed E-state index contributed by atoms with van der Waals surface area (Å²) in [5.74, 6) is 0. The molecule has 0 rings (SSSR count). The molecule has 0 bridgehead atoms. The predicted octanol–water partition coefficient (Wildman–Crippen LogP) is 7.21. The number of rotatable bonds is 13. The van der Waals surface area contributed by atoms with Gasteiger partial charge < -0.3 is 0 Å². The Hall–Kier alpha value is 0.899. The molecule has 0 N–H and O–H groups in total. The molecule has 0 amide bonds. The molecular weight excluding hydrogens is 334 g/mol. The number of halogens is 2. The van der Waals surface area contributed by atoms with Gasteiger partial charge in [0.1, 0.15) is 0 Å². The van der Waals surface area contributed by atoms with E-state index in [0.29, 0.717) is 0 Å². The van der Waals surface area contributed by atoms with Crippen molar-refractivity contribution in [3.05, 3.63) is 0 Å². The average molecular weight is 370 g/mol. The van der Waals surface area contributed by atoms with E-state index in [-0.39, 0.29) is 24.8 Å². The molecule has 1 nitrogen and oxygen atoms in total. The number of unbranched alkanes of at least 4 members (excludes halogenated alkanes) is 13. The molecule has 0 heterocycles. The van der Waals surface area contributed by atoms with Crippen LogP contribution in [0.5, 0.6) is 0 Å². The number of hydrogen-bond acceptors (Lipinski definition) is 1. The second kappa shape index (κ2) is 32.0. The molecule has 4 heteroatoms. The van der Waals surface area contributed by atoms with Crippen molar-refractivity contribution in [2.75, 3.05) is 0 Å². The monoisotopic (exact) mass is 369 g/mol. The van der Waals surface area contributed by atoms with Gasteiger partial charge in [-0.3, -0.25) is 0 Å². The van der Waals surface area contributed by atoms with E-state index < -0.39 is 0 Å². The van der Waals surface area contributed by atoms with E-state index in [2.05, 4.69) is 13.8 Å². The Kier molecular flexibility index (Phi) is 46.4. The second-order valence-corrected chi connectivity index (χ2v) is 5.24. The Labute approximate surface area is 148 Å². The molecule has 0 aliphatic heterocycles. The van der Waals surface area contributed by atoms with Crippen LogP contribution in [0.25, 0.3) is 0 Å². The van der Waals surface area contributed by atoms with Crippen LogP contribution < -0.4 is 0 Å². The fraction of sp³-hybridized carbons (Fsp3) is 1.00. The van der Waals surface area contributed by atoms with E-state index in [1.165, 1.54) is 89.9 Å². The molecule has 0 saturated carbocycles. The fourth-order valence-electron chi connectivity index (χ4n) is 2.27. The minimum absolute atomic E-state index is 0. The molecule has 0 aromatic rings. The summed E-state index contributed by atoms with van der Waals surface area (Å²) in [5.41, 5.74) is 0. The Bertz CT molecular complexity index is 124. The van der Waals surface area contributed by atoms with Gasteiger partial charge in [0.25, 0.3) is 0 Å². The van der Waals surface area contributed by atoms with Gasteiger partial charge in [-0.05, 0) is 0 Å². The van der Waals surface area contributed by atoms with Crippen molar-refractivity contribution < 1.29 is 19.8 Å². The zero-order valence-electron chi connectivity index (χ0n) is 13.5. The van der Waals surface area contributed by atoms with E-state index in [4.69, 9.17) is 3.83 Å². The topological polar surface area (TPSA) is 17.1 Å². The fourth-order valence-corrected chi connectivity index (χ4v) is 2.27. The van der Waals surface area contributed by atoms with Crippen LogP contribution in [0.15, 0.2) is 0 Å². The van der Waals surface area contributed by atoms with Crippen LogP contribution in [0.3, 0.4) is 0 Å². The third kappa shape index (κ3) is 31.3. The molecule has 0 unspecified atom stereocenters. The standard InChI is InChI=1S/C16H34.2ClH.Mn.O/c1-3-5-7-9-11-13-15-16-14-12-10-8-6-4-2;;;;/h3-16H2,1-2H3;2*1H;;. The first-order chi connectivity index (χ1) is 8.91. The van der Waals surface area contributed by atoms with E-state index in [9.17, 15) is 0 Å². The molecule has 0 aromatic carbocycles. The van der Waals surface area contributed by atoms with Crippen molar-refractivity contribution in [1.29, 1.82) is 0 Å². The van der Waals surface area contributed by atoms with Gasteiger partial charge >= 0.3 is 19.8 Å². The van der Waals surface area contributed by atoms with Crippen LogP contribution in [0.2, 0.25) is 0 Å². The summed E-state index contributed by atoms with van der Waals surface area (Å²) >= 11 is 1.69. The molecule has 0 aliphatic carbocycles. The molecule has 0 spiro atoms. The van der Waals surface area contributed by atoms with Crippen LogP contribution in [-0.2, 0) is 19.8 Å². The maximum atomic E-state index is 8.06. The third-order valence-corrected chi connectivity index (χ3v) is 3.46. The molecule has 0 aromatic heterocycles. The quantitative estimate of drug-likeness (QED) is 0.247. The summed E-state index contributed by atoms with van der Waals surface area (Å²) < 4.78 is 8.06. The van der Waals surface area contributed by atoms with Gasteiger partial charge in [0.2, 0.25) is 0 Å². The van der Waals surface area contributed by atoms with Gasteiger partial charge in [-0.25, -0.2) is 0 Å². The summed E-state index contributed by atoms with van der Waals surface area (Å²) in [7, 11) is 0. The van der Waals surface area contributed by atoms with Gasteiger partial charge in [0.05, 0.1) is 0 Å². The molecule has 0 aliphatic rings. The Morgan fingerprint density at radius 2 is 0.600 bits per heavy atom. The molecule has 0 atom stereocenters. The van der Waals surface area contributed by atoms with E-state index in [1.54, 1.807) is 15.9 Å². The summed E-state index contributed by atoms with van der Waals surface area (Å²) in [5, 5.41) is 0. The minimum atomic E-state index is 0. The first-order valence-corrected chi connectivity index (χ1v) is 8.55. The summed E-state index contributed by atoms with van der Waals surface area (Å²) in [6.07, 6.45) is 20.4. The molecule has 0 radical (unpaired) electrons. The van der Waals surface area contributed by atoms with Crippen LogP contribution in [0, 0.1) is 0 Å². The summed E-state index contributed by atoms with van der Waals surface area (Å²) in [6, 6.07) is 0. The van der Waals surface area contributed by atoms with Crippen molar-refractivity contribution in [3.63, 3.8) is 0 Å². The van der Waals surface area contributed by atoms with Crippen LogP contribution in [-0.4, -0.2) is 0 Å². The van der Waals surface area contributed by atoms with Crippen molar-refractivity contribution in [2.45, 2.75) is 104 Å². The second-order valence-electron chi connectivity index (χ2n) is 5.24. The van der Waals surface area contributed by atoms with Gasteiger partial charge in [-0.2, -0.15) is 0 Å². The van der Waals surface area contributed by atoms with Crippen molar-refractivity contribution >= 4 is 24.8 Å². The molecule has 0 fully saturated rings. The number of hydrogen-bond donors (Lipinski definition) is 0. The zero-order chi connectivity index (χ0) is 13.9. The van der Waals surface area contributed by atoms with Crippen molar-refractivity contribution in [3.8, 4) is 0 Å². The molecular formula is C16H36Cl2MnO. The van der Waals surface area contributed by atoms with Gasteiger partial charge in [-0.1, -0.05) is 104 Å². The zero-order valence-corrected chi connectivity index (χ0v) is 16.3. The maximum absolute atomic E-state index is 8.06. The predicted molar refractivity (Wildman–Crippen MR) is 91.2 cm³/mol. The van der Waals surface area contributed by atoms with Gasteiger partial charge in [0, 0.05) is 0 Å². The Morgan fingerprint density at radius 3 is 0.750 bits per heavy atom. The molecule has 0 saturated heterocycles. The first-order valence-electron chi connectivity index (χ1n) is 8.07. The van der Waals surface area contributed by atoms with Crippen LogP contribution in [0.1, 0.15) is 104 Å². The average Bonchev–Trinajstić information content (AvgIpc) is 2.42. The van der Waals surface area contributed by atoms with E-state index in [1.807, 2.05) is 0 Å². The molecule has 20 heavy (non-hydrogen) atoms. The van der Waals surface area contributed by atoms with Crippen molar-refractivity contribution in [1.82, 2.24) is 0 Å².